The normalized spacial score (nSPS) is 11.5. The molecule has 0 atom stereocenters. The van der Waals surface area contributed by atoms with Crippen molar-refractivity contribution in [1.82, 2.24) is 15.1 Å². The van der Waals surface area contributed by atoms with Gasteiger partial charge in [-0.1, -0.05) is 12.1 Å². The Balaban J connectivity index is 2.06. The lowest BCUT2D eigenvalue weighted by Crippen LogP contribution is -2.23. The van der Waals surface area contributed by atoms with Crippen molar-refractivity contribution in [3.63, 3.8) is 0 Å². The molecule has 1 amide bonds. The third-order valence-corrected chi connectivity index (χ3v) is 3.35. The van der Waals surface area contributed by atoms with Crippen LogP contribution >= 0.6 is 0 Å². The standard InChI is InChI=1S/C15H16F3N3O/c1-3-21-10(2)13(9-20-21)14(22)19-8-11-5-4-6-12(7-11)15(16,17)18/h4-7,9H,3,8H2,1-2H3,(H,19,22). The Kier molecular flexibility index (Phi) is 4.54. The van der Waals surface area contributed by atoms with Crippen LogP contribution < -0.4 is 5.32 Å². The molecule has 1 heterocycles. The van der Waals surface area contributed by atoms with Gasteiger partial charge in [0.05, 0.1) is 17.3 Å². The molecule has 0 fully saturated rings. The third-order valence-electron chi connectivity index (χ3n) is 3.35. The van der Waals surface area contributed by atoms with E-state index in [-0.39, 0.29) is 12.5 Å². The number of hydrogen-bond donors (Lipinski definition) is 1. The lowest BCUT2D eigenvalue weighted by molar-refractivity contribution is -0.137. The molecule has 0 aliphatic heterocycles. The zero-order valence-electron chi connectivity index (χ0n) is 12.2. The summed E-state index contributed by atoms with van der Waals surface area (Å²) in [5.41, 5.74) is 0.816. The van der Waals surface area contributed by atoms with Gasteiger partial charge in [-0.2, -0.15) is 18.3 Å². The van der Waals surface area contributed by atoms with Crippen LogP contribution in [-0.4, -0.2) is 15.7 Å². The molecule has 0 spiro atoms. The van der Waals surface area contributed by atoms with Crippen molar-refractivity contribution < 1.29 is 18.0 Å². The van der Waals surface area contributed by atoms with Crippen LogP contribution in [0.25, 0.3) is 0 Å². The van der Waals surface area contributed by atoms with Crippen LogP contribution in [0.1, 0.15) is 34.1 Å². The van der Waals surface area contributed by atoms with Gasteiger partial charge in [0.2, 0.25) is 0 Å². The maximum Gasteiger partial charge on any atom is 0.416 e. The minimum absolute atomic E-state index is 0.0273. The highest BCUT2D eigenvalue weighted by Gasteiger charge is 2.30. The molecule has 0 aliphatic carbocycles. The van der Waals surface area contributed by atoms with E-state index in [4.69, 9.17) is 0 Å². The van der Waals surface area contributed by atoms with Crippen molar-refractivity contribution in [2.75, 3.05) is 0 Å². The predicted octanol–water partition coefficient (Wildman–Crippen LogP) is 3.16. The molecule has 1 aromatic carbocycles. The molecule has 4 nitrogen and oxygen atoms in total. The molecule has 2 aromatic rings. The smallest absolute Gasteiger partial charge is 0.348 e. The second-order valence-corrected chi connectivity index (χ2v) is 4.84. The Morgan fingerprint density at radius 3 is 2.68 bits per heavy atom. The average molecular weight is 311 g/mol. The van der Waals surface area contributed by atoms with E-state index in [0.717, 1.165) is 17.8 Å². The Morgan fingerprint density at radius 2 is 2.09 bits per heavy atom. The van der Waals surface area contributed by atoms with E-state index in [9.17, 15) is 18.0 Å². The van der Waals surface area contributed by atoms with Crippen molar-refractivity contribution in [2.45, 2.75) is 33.1 Å². The summed E-state index contributed by atoms with van der Waals surface area (Å²) in [7, 11) is 0. The number of amides is 1. The topological polar surface area (TPSA) is 46.9 Å². The van der Waals surface area contributed by atoms with E-state index in [1.807, 2.05) is 6.92 Å². The Bertz CT molecular complexity index is 677. The minimum Gasteiger partial charge on any atom is -0.348 e. The molecule has 2 rings (SSSR count). The Morgan fingerprint density at radius 1 is 1.36 bits per heavy atom. The lowest BCUT2D eigenvalue weighted by atomic mass is 10.1. The second kappa shape index (κ2) is 6.21. The number of nitrogens with zero attached hydrogens (tertiary/aromatic N) is 2. The van der Waals surface area contributed by atoms with Gasteiger partial charge in [0.15, 0.2) is 0 Å². The maximum absolute atomic E-state index is 12.6. The van der Waals surface area contributed by atoms with E-state index in [0.29, 0.717) is 17.7 Å². The average Bonchev–Trinajstić information content (AvgIpc) is 2.85. The molecular formula is C15H16F3N3O. The first-order chi connectivity index (χ1) is 10.3. The van der Waals surface area contributed by atoms with Crippen LogP contribution in [0.4, 0.5) is 13.2 Å². The summed E-state index contributed by atoms with van der Waals surface area (Å²) < 4.78 is 39.6. The number of aryl methyl sites for hydroxylation is 1. The van der Waals surface area contributed by atoms with E-state index < -0.39 is 11.7 Å². The number of hydrogen-bond acceptors (Lipinski definition) is 2. The van der Waals surface area contributed by atoms with E-state index >= 15 is 0 Å². The third kappa shape index (κ3) is 3.47. The quantitative estimate of drug-likeness (QED) is 0.943. The largest absolute Gasteiger partial charge is 0.416 e. The van der Waals surface area contributed by atoms with Gasteiger partial charge in [-0.25, -0.2) is 0 Å². The zero-order chi connectivity index (χ0) is 16.3. The summed E-state index contributed by atoms with van der Waals surface area (Å²) in [6.07, 6.45) is -2.93. The maximum atomic E-state index is 12.6. The van der Waals surface area contributed by atoms with Gasteiger partial charge in [0.1, 0.15) is 0 Å². The van der Waals surface area contributed by atoms with Crippen molar-refractivity contribution in [3.05, 3.63) is 52.8 Å². The highest BCUT2D eigenvalue weighted by atomic mass is 19.4. The van der Waals surface area contributed by atoms with Crippen molar-refractivity contribution in [1.29, 1.82) is 0 Å². The van der Waals surface area contributed by atoms with E-state index in [1.165, 1.54) is 18.3 Å². The summed E-state index contributed by atoms with van der Waals surface area (Å²) in [6, 6.07) is 4.89. The predicted molar refractivity (Wildman–Crippen MR) is 75.3 cm³/mol. The van der Waals surface area contributed by atoms with Gasteiger partial charge in [-0.15, -0.1) is 0 Å². The molecule has 1 aromatic heterocycles. The van der Waals surface area contributed by atoms with Crippen molar-refractivity contribution in [2.24, 2.45) is 0 Å². The molecule has 0 unspecified atom stereocenters. The molecular weight excluding hydrogens is 295 g/mol. The van der Waals surface area contributed by atoms with Crippen molar-refractivity contribution in [3.8, 4) is 0 Å². The summed E-state index contributed by atoms with van der Waals surface area (Å²) in [6.45, 7) is 4.35. The molecule has 0 saturated heterocycles. The number of halogens is 3. The summed E-state index contributed by atoms with van der Waals surface area (Å²) in [4.78, 5) is 12.1. The molecule has 0 radical (unpaired) electrons. The van der Waals surface area contributed by atoms with Crippen LogP contribution in [0.3, 0.4) is 0 Å². The first kappa shape index (κ1) is 16.1. The minimum atomic E-state index is -4.39. The molecule has 0 saturated carbocycles. The van der Waals surface area contributed by atoms with Gasteiger partial charge >= 0.3 is 6.18 Å². The van der Waals surface area contributed by atoms with Gasteiger partial charge in [-0.3, -0.25) is 9.48 Å². The highest BCUT2D eigenvalue weighted by molar-refractivity contribution is 5.94. The van der Waals surface area contributed by atoms with Crippen LogP contribution in [0.5, 0.6) is 0 Å². The van der Waals surface area contributed by atoms with E-state index in [1.54, 1.807) is 11.6 Å². The summed E-state index contributed by atoms with van der Waals surface area (Å²) in [5, 5.41) is 6.68. The number of alkyl halides is 3. The second-order valence-electron chi connectivity index (χ2n) is 4.84. The Hall–Kier alpha value is -2.31. The monoisotopic (exact) mass is 311 g/mol. The fourth-order valence-corrected chi connectivity index (χ4v) is 2.12. The molecule has 7 heteroatoms. The van der Waals surface area contributed by atoms with Crippen LogP contribution in [0, 0.1) is 6.92 Å². The lowest BCUT2D eigenvalue weighted by Gasteiger charge is -2.09. The molecule has 22 heavy (non-hydrogen) atoms. The van der Waals surface area contributed by atoms with Gasteiger partial charge < -0.3 is 5.32 Å². The van der Waals surface area contributed by atoms with Crippen LogP contribution in [0.2, 0.25) is 0 Å². The molecule has 0 aliphatic rings. The first-order valence-corrected chi connectivity index (χ1v) is 6.79. The number of rotatable bonds is 4. The fourth-order valence-electron chi connectivity index (χ4n) is 2.12. The number of carbonyl (C=O) groups excluding carboxylic acids is 1. The molecule has 118 valence electrons. The number of carbonyl (C=O) groups is 1. The van der Waals surface area contributed by atoms with Crippen LogP contribution in [0.15, 0.2) is 30.5 Å². The SMILES string of the molecule is CCn1ncc(C(=O)NCc2cccc(C(F)(F)F)c2)c1C. The molecule has 1 N–H and O–H groups in total. The van der Waals surface area contributed by atoms with E-state index in [2.05, 4.69) is 10.4 Å². The Labute approximate surface area is 125 Å². The first-order valence-electron chi connectivity index (χ1n) is 6.79. The van der Waals surface area contributed by atoms with Crippen molar-refractivity contribution >= 4 is 5.91 Å². The highest BCUT2D eigenvalue weighted by Crippen LogP contribution is 2.29. The number of aromatic nitrogens is 2. The molecule has 0 bridgehead atoms. The van der Waals surface area contributed by atoms with Gasteiger partial charge in [0.25, 0.3) is 5.91 Å². The fraction of sp³-hybridized carbons (Fsp3) is 0.333. The summed E-state index contributed by atoms with van der Waals surface area (Å²) >= 11 is 0. The summed E-state index contributed by atoms with van der Waals surface area (Å²) in [5.74, 6) is -0.352. The number of nitrogens with one attached hydrogen (secondary N) is 1. The number of benzene rings is 1. The van der Waals surface area contributed by atoms with Gasteiger partial charge in [-0.05, 0) is 31.5 Å². The zero-order valence-corrected chi connectivity index (χ0v) is 12.2. The van der Waals surface area contributed by atoms with Crippen LogP contribution in [-0.2, 0) is 19.3 Å². The van der Waals surface area contributed by atoms with Gasteiger partial charge in [0, 0.05) is 18.8 Å².